The summed E-state index contributed by atoms with van der Waals surface area (Å²) in [4.78, 5) is 23.3. The molecule has 1 amide bonds. The third-order valence-electron chi connectivity index (χ3n) is 2.95. The van der Waals surface area contributed by atoms with Crippen molar-refractivity contribution in [1.82, 2.24) is 4.57 Å². The Hall–Kier alpha value is -2.08. The highest BCUT2D eigenvalue weighted by molar-refractivity contribution is 7.18. The zero-order valence-corrected chi connectivity index (χ0v) is 11.7. The molecule has 2 heterocycles. The molecule has 19 heavy (non-hydrogen) atoms. The highest BCUT2D eigenvalue weighted by Crippen LogP contribution is 2.27. The number of hydrogen-bond acceptors (Lipinski definition) is 3. The maximum atomic E-state index is 12.1. The molecule has 0 atom stereocenters. The van der Waals surface area contributed by atoms with Crippen LogP contribution in [0.3, 0.4) is 0 Å². The van der Waals surface area contributed by atoms with Gasteiger partial charge in [-0.25, -0.2) is 4.79 Å². The van der Waals surface area contributed by atoms with Crippen molar-refractivity contribution in [3.63, 3.8) is 0 Å². The van der Waals surface area contributed by atoms with Gasteiger partial charge in [0.15, 0.2) is 0 Å². The van der Waals surface area contributed by atoms with Crippen molar-refractivity contribution in [2.45, 2.75) is 13.8 Å². The van der Waals surface area contributed by atoms with E-state index < -0.39 is 5.97 Å². The molecule has 0 radical (unpaired) electrons. The second-order valence-corrected chi connectivity index (χ2v) is 5.35. The van der Waals surface area contributed by atoms with Crippen molar-refractivity contribution >= 4 is 28.2 Å². The molecule has 100 valence electrons. The van der Waals surface area contributed by atoms with E-state index in [-0.39, 0.29) is 10.8 Å². The predicted molar refractivity (Wildman–Crippen MR) is 74.1 cm³/mol. The molecule has 2 aromatic rings. The van der Waals surface area contributed by atoms with Crippen LogP contribution in [0, 0.1) is 13.8 Å². The summed E-state index contributed by atoms with van der Waals surface area (Å²) in [7, 11) is 1.81. The van der Waals surface area contributed by atoms with Crippen molar-refractivity contribution in [2.75, 3.05) is 5.32 Å². The summed E-state index contributed by atoms with van der Waals surface area (Å²) in [6.07, 6.45) is 0. The molecule has 0 aliphatic heterocycles. The van der Waals surface area contributed by atoms with Gasteiger partial charge in [-0.05, 0) is 37.6 Å². The van der Waals surface area contributed by atoms with Gasteiger partial charge >= 0.3 is 5.97 Å². The molecular weight excluding hydrogens is 264 g/mol. The van der Waals surface area contributed by atoms with Gasteiger partial charge in [-0.2, -0.15) is 0 Å². The van der Waals surface area contributed by atoms with Crippen molar-refractivity contribution in [3.8, 4) is 0 Å². The Kier molecular flexibility index (Phi) is 3.44. The van der Waals surface area contributed by atoms with Crippen LogP contribution in [0.5, 0.6) is 0 Å². The van der Waals surface area contributed by atoms with Crippen molar-refractivity contribution in [3.05, 3.63) is 40.0 Å². The minimum Gasteiger partial charge on any atom is -0.477 e. The number of aromatic carboxylic acids is 1. The standard InChI is InChI=1S/C13H14N2O3S/c1-7-6-10(19-11(7)13(17)18)14-12(16)9-5-4-8(2)15(9)3/h4-6H,1-3H3,(H,14,16)(H,17,18). The van der Waals surface area contributed by atoms with E-state index in [1.165, 1.54) is 0 Å². The quantitative estimate of drug-likeness (QED) is 0.906. The number of aryl methyl sites for hydroxylation is 2. The van der Waals surface area contributed by atoms with Crippen LogP contribution in [0.15, 0.2) is 18.2 Å². The minimum atomic E-state index is -0.974. The zero-order chi connectivity index (χ0) is 14.2. The molecule has 0 aliphatic carbocycles. The van der Waals surface area contributed by atoms with E-state index in [2.05, 4.69) is 5.32 Å². The Morgan fingerprint density at radius 1 is 1.32 bits per heavy atom. The Morgan fingerprint density at radius 2 is 2.00 bits per heavy atom. The Balaban J connectivity index is 2.22. The third kappa shape index (κ3) is 2.53. The van der Waals surface area contributed by atoms with Crippen LogP contribution >= 0.6 is 11.3 Å². The molecule has 0 saturated heterocycles. The van der Waals surface area contributed by atoms with Crippen LogP contribution in [0.1, 0.15) is 31.4 Å². The normalized spacial score (nSPS) is 10.5. The first-order chi connectivity index (χ1) is 8.90. The molecule has 6 heteroatoms. The second kappa shape index (κ2) is 4.89. The number of carboxylic acids is 1. The maximum absolute atomic E-state index is 12.1. The molecule has 0 fully saturated rings. The molecule has 0 aliphatic rings. The number of aromatic nitrogens is 1. The summed E-state index contributed by atoms with van der Waals surface area (Å²) in [6.45, 7) is 3.62. The summed E-state index contributed by atoms with van der Waals surface area (Å²) < 4.78 is 1.79. The van der Waals surface area contributed by atoms with Gasteiger partial charge in [0.05, 0.1) is 5.00 Å². The first-order valence-corrected chi connectivity index (χ1v) is 6.49. The molecular formula is C13H14N2O3S. The van der Waals surface area contributed by atoms with E-state index in [1.54, 1.807) is 23.6 Å². The number of hydrogen-bond donors (Lipinski definition) is 2. The number of anilines is 1. The van der Waals surface area contributed by atoms with Crippen molar-refractivity contribution < 1.29 is 14.7 Å². The number of carbonyl (C=O) groups is 2. The first kappa shape index (κ1) is 13.4. The molecule has 0 unspecified atom stereocenters. The molecule has 2 aromatic heterocycles. The van der Waals surface area contributed by atoms with Crippen LogP contribution in [0.25, 0.3) is 0 Å². The van der Waals surface area contributed by atoms with Gasteiger partial charge in [0.25, 0.3) is 5.91 Å². The SMILES string of the molecule is Cc1cc(NC(=O)c2ccc(C)n2C)sc1C(=O)O. The Morgan fingerprint density at radius 3 is 2.47 bits per heavy atom. The van der Waals surface area contributed by atoms with Gasteiger partial charge in [-0.3, -0.25) is 4.79 Å². The number of carbonyl (C=O) groups excluding carboxylic acids is 1. The fourth-order valence-corrected chi connectivity index (χ4v) is 2.68. The number of nitrogens with one attached hydrogen (secondary N) is 1. The minimum absolute atomic E-state index is 0.242. The monoisotopic (exact) mass is 278 g/mol. The maximum Gasteiger partial charge on any atom is 0.346 e. The summed E-state index contributed by atoms with van der Waals surface area (Å²) in [5, 5.41) is 12.2. The largest absolute Gasteiger partial charge is 0.477 e. The number of carboxylic acid groups (broad SMARTS) is 1. The topological polar surface area (TPSA) is 71.3 Å². The lowest BCUT2D eigenvalue weighted by molar-refractivity contribution is 0.0701. The van der Waals surface area contributed by atoms with Gasteiger partial charge in [0.2, 0.25) is 0 Å². The number of rotatable bonds is 3. The smallest absolute Gasteiger partial charge is 0.346 e. The van der Waals surface area contributed by atoms with E-state index in [0.29, 0.717) is 16.3 Å². The molecule has 0 saturated carbocycles. The van der Waals surface area contributed by atoms with E-state index in [0.717, 1.165) is 17.0 Å². The molecule has 0 bridgehead atoms. The van der Waals surface area contributed by atoms with Crippen molar-refractivity contribution in [2.24, 2.45) is 7.05 Å². The van der Waals surface area contributed by atoms with Crippen LogP contribution < -0.4 is 5.32 Å². The van der Waals surface area contributed by atoms with Crippen molar-refractivity contribution in [1.29, 1.82) is 0 Å². The fourth-order valence-electron chi connectivity index (χ4n) is 1.77. The van der Waals surface area contributed by atoms with Gasteiger partial charge in [-0.15, -0.1) is 11.3 Å². The molecule has 0 aromatic carbocycles. The average Bonchev–Trinajstić information content (AvgIpc) is 2.84. The molecule has 2 rings (SSSR count). The number of nitrogens with zero attached hydrogens (tertiary/aromatic N) is 1. The van der Waals surface area contributed by atoms with Crippen LogP contribution in [-0.2, 0) is 7.05 Å². The molecule has 0 spiro atoms. The lowest BCUT2D eigenvalue weighted by Gasteiger charge is -2.05. The van der Waals surface area contributed by atoms with Crippen LogP contribution in [-0.4, -0.2) is 21.6 Å². The molecule has 5 nitrogen and oxygen atoms in total. The summed E-state index contributed by atoms with van der Waals surface area (Å²) >= 11 is 1.06. The van der Waals surface area contributed by atoms with Gasteiger partial charge in [0, 0.05) is 12.7 Å². The molecule has 2 N–H and O–H groups in total. The zero-order valence-electron chi connectivity index (χ0n) is 10.9. The Labute approximate surface area is 114 Å². The predicted octanol–water partition coefficient (Wildman–Crippen LogP) is 2.65. The summed E-state index contributed by atoms with van der Waals surface area (Å²) in [6, 6.07) is 5.27. The van der Waals surface area contributed by atoms with Crippen LogP contribution in [0.4, 0.5) is 5.00 Å². The summed E-state index contributed by atoms with van der Waals surface area (Å²) in [5.74, 6) is -1.22. The van der Waals surface area contributed by atoms with E-state index >= 15 is 0 Å². The van der Waals surface area contributed by atoms with Gasteiger partial charge in [-0.1, -0.05) is 0 Å². The summed E-state index contributed by atoms with van der Waals surface area (Å²) in [5.41, 5.74) is 2.18. The first-order valence-electron chi connectivity index (χ1n) is 5.67. The third-order valence-corrected chi connectivity index (χ3v) is 4.09. The number of thiophene rings is 1. The number of amides is 1. The second-order valence-electron chi connectivity index (χ2n) is 4.30. The average molecular weight is 278 g/mol. The van der Waals surface area contributed by atoms with Gasteiger partial charge < -0.3 is 15.0 Å². The van der Waals surface area contributed by atoms with E-state index in [9.17, 15) is 9.59 Å². The van der Waals surface area contributed by atoms with Crippen LogP contribution in [0.2, 0.25) is 0 Å². The highest BCUT2D eigenvalue weighted by Gasteiger charge is 2.16. The fraction of sp³-hybridized carbons (Fsp3) is 0.231. The van der Waals surface area contributed by atoms with E-state index in [4.69, 9.17) is 5.11 Å². The lowest BCUT2D eigenvalue weighted by Crippen LogP contribution is -2.15. The van der Waals surface area contributed by atoms with E-state index in [1.807, 2.05) is 20.0 Å². The highest BCUT2D eigenvalue weighted by atomic mass is 32.1. The Bertz CT molecular complexity index is 655. The van der Waals surface area contributed by atoms with Gasteiger partial charge in [0.1, 0.15) is 10.6 Å². The lowest BCUT2D eigenvalue weighted by atomic mass is 10.3.